The van der Waals surface area contributed by atoms with Crippen LogP contribution in [0.25, 0.3) is 0 Å². The molecule has 0 aliphatic carbocycles. The first-order chi connectivity index (χ1) is 5.70. The average Bonchev–Trinajstić information content (AvgIpc) is 2.05. The number of aliphatic hydroxyl groups is 1. The highest BCUT2D eigenvalue weighted by molar-refractivity contribution is 5.66. The summed E-state index contributed by atoms with van der Waals surface area (Å²) >= 11 is 0. The third kappa shape index (κ3) is 6.09. The van der Waals surface area contributed by atoms with Gasteiger partial charge in [0.1, 0.15) is 0 Å². The minimum atomic E-state index is -0.820. The fraction of sp³-hybridized carbons (Fsp3) is 0.857. The Balaban J connectivity index is 3.45. The van der Waals surface area contributed by atoms with Gasteiger partial charge in [0.05, 0.1) is 6.61 Å². The van der Waals surface area contributed by atoms with Crippen molar-refractivity contribution in [2.24, 2.45) is 5.73 Å². The second kappa shape index (κ2) is 7.02. The molecule has 0 amide bonds. The molecule has 0 heterocycles. The molecule has 0 radical (unpaired) electrons. The third-order valence-corrected chi connectivity index (χ3v) is 1.54. The highest BCUT2D eigenvalue weighted by atomic mass is 16.4. The van der Waals surface area contributed by atoms with Crippen LogP contribution in [0.5, 0.6) is 0 Å². The maximum absolute atomic E-state index is 10.2. The number of aliphatic hydroxyl groups excluding tert-OH is 1. The van der Waals surface area contributed by atoms with E-state index in [0.717, 1.165) is 0 Å². The standard InChI is InChI=1S/C7H16N2O3/c8-5-6(9-3-4-10)1-2-7(11)12/h6,9-10H,1-5,8H2,(H,11,12). The van der Waals surface area contributed by atoms with Gasteiger partial charge in [-0.25, -0.2) is 0 Å². The van der Waals surface area contributed by atoms with Crippen LogP contribution in [0.2, 0.25) is 0 Å². The largest absolute Gasteiger partial charge is 0.481 e. The van der Waals surface area contributed by atoms with Crippen molar-refractivity contribution in [3.8, 4) is 0 Å². The highest BCUT2D eigenvalue weighted by Crippen LogP contribution is 1.94. The molecule has 5 N–H and O–H groups in total. The van der Waals surface area contributed by atoms with Crippen LogP contribution in [-0.2, 0) is 4.79 Å². The molecular weight excluding hydrogens is 160 g/mol. The number of hydrogen-bond acceptors (Lipinski definition) is 4. The van der Waals surface area contributed by atoms with E-state index < -0.39 is 5.97 Å². The maximum Gasteiger partial charge on any atom is 0.303 e. The van der Waals surface area contributed by atoms with Crippen molar-refractivity contribution >= 4 is 5.97 Å². The van der Waals surface area contributed by atoms with Crippen molar-refractivity contribution in [3.63, 3.8) is 0 Å². The van der Waals surface area contributed by atoms with Crippen molar-refractivity contribution in [2.45, 2.75) is 18.9 Å². The Kier molecular flexibility index (Phi) is 6.64. The van der Waals surface area contributed by atoms with Crippen molar-refractivity contribution in [3.05, 3.63) is 0 Å². The van der Waals surface area contributed by atoms with Crippen molar-refractivity contribution in [1.29, 1.82) is 0 Å². The number of hydrogen-bond donors (Lipinski definition) is 4. The van der Waals surface area contributed by atoms with Crippen LogP contribution in [0.1, 0.15) is 12.8 Å². The fourth-order valence-corrected chi connectivity index (χ4v) is 0.870. The third-order valence-electron chi connectivity index (χ3n) is 1.54. The number of carbonyl (C=O) groups is 1. The van der Waals surface area contributed by atoms with Crippen LogP contribution in [0.4, 0.5) is 0 Å². The first kappa shape index (κ1) is 11.4. The molecule has 12 heavy (non-hydrogen) atoms. The molecule has 1 unspecified atom stereocenters. The molecule has 0 spiro atoms. The molecule has 5 heteroatoms. The van der Waals surface area contributed by atoms with Gasteiger partial charge in [-0.15, -0.1) is 0 Å². The van der Waals surface area contributed by atoms with Gasteiger partial charge < -0.3 is 21.3 Å². The lowest BCUT2D eigenvalue weighted by Gasteiger charge is -2.14. The van der Waals surface area contributed by atoms with E-state index in [1.165, 1.54) is 0 Å². The van der Waals surface area contributed by atoms with Gasteiger partial charge in [-0.2, -0.15) is 0 Å². The van der Waals surface area contributed by atoms with Crippen LogP contribution in [0.15, 0.2) is 0 Å². The lowest BCUT2D eigenvalue weighted by atomic mass is 10.1. The Labute approximate surface area is 71.6 Å². The van der Waals surface area contributed by atoms with E-state index >= 15 is 0 Å². The normalized spacial score (nSPS) is 12.8. The van der Waals surface area contributed by atoms with Gasteiger partial charge in [-0.1, -0.05) is 0 Å². The topological polar surface area (TPSA) is 95.6 Å². The molecule has 0 aromatic carbocycles. The molecule has 5 nitrogen and oxygen atoms in total. The van der Waals surface area contributed by atoms with Gasteiger partial charge in [0.25, 0.3) is 0 Å². The zero-order valence-electron chi connectivity index (χ0n) is 6.99. The molecule has 0 bridgehead atoms. The molecule has 0 fully saturated rings. The van der Waals surface area contributed by atoms with Gasteiger partial charge >= 0.3 is 5.97 Å². The van der Waals surface area contributed by atoms with Gasteiger partial charge in [-0.05, 0) is 6.42 Å². The second-order valence-corrected chi connectivity index (χ2v) is 2.54. The molecule has 0 aromatic rings. The summed E-state index contributed by atoms with van der Waals surface area (Å²) in [6.45, 7) is 0.901. The molecule has 0 aliphatic rings. The van der Waals surface area contributed by atoms with Gasteiger partial charge in [-0.3, -0.25) is 4.79 Å². The first-order valence-corrected chi connectivity index (χ1v) is 3.96. The molecule has 72 valence electrons. The first-order valence-electron chi connectivity index (χ1n) is 3.96. The minimum absolute atomic E-state index is 0.00625. The predicted octanol–water partition coefficient (Wildman–Crippen LogP) is -1.24. The zero-order chi connectivity index (χ0) is 9.40. The maximum atomic E-state index is 10.2. The summed E-state index contributed by atoms with van der Waals surface area (Å²) in [6, 6.07) is -0.00625. The van der Waals surface area contributed by atoms with E-state index in [1.54, 1.807) is 0 Å². The Morgan fingerprint density at radius 3 is 2.67 bits per heavy atom. The van der Waals surface area contributed by atoms with Gasteiger partial charge in [0.2, 0.25) is 0 Å². The van der Waals surface area contributed by atoms with E-state index in [9.17, 15) is 4.79 Å². The lowest BCUT2D eigenvalue weighted by Crippen LogP contribution is -2.38. The Morgan fingerprint density at radius 2 is 2.25 bits per heavy atom. The van der Waals surface area contributed by atoms with Gasteiger partial charge in [0, 0.05) is 25.6 Å². The van der Waals surface area contributed by atoms with Crippen LogP contribution >= 0.6 is 0 Å². The minimum Gasteiger partial charge on any atom is -0.481 e. The summed E-state index contributed by atoms with van der Waals surface area (Å²) in [5, 5.41) is 19.8. The molecule has 0 saturated carbocycles. The highest BCUT2D eigenvalue weighted by Gasteiger charge is 2.07. The average molecular weight is 176 g/mol. The summed E-state index contributed by atoms with van der Waals surface area (Å²) in [5.74, 6) is -0.820. The zero-order valence-corrected chi connectivity index (χ0v) is 6.99. The monoisotopic (exact) mass is 176 g/mol. The Hall–Kier alpha value is -0.650. The van der Waals surface area contributed by atoms with E-state index in [2.05, 4.69) is 5.32 Å². The van der Waals surface area contributed by atoms with E-state index in [0.29, 0.717) is 19.5 Å². The molecular formula is C7H16N2O3. The summed E-state index contributed by atoms with van der Waals surface area (Å²) in [6.07, 6.45) is 0.617. The Morgan fingerprint density at radius 1 is 1.58 bits per heavy atom. The lowest BCUT2D eigenvalue weighted by molar-refractivity contribution is -0.137. The quantitative estimate of drug-likeness (QED) is 0.389. The number of nitrogens with one attached hydrogen (secondary N) is 1. The van der Waals surface area contributed by atoms with Crippen LogP contribution in [-0.4, -0.2) is 41.9 Å². The van der Waals surface area contributed by atoms with E-state index in [4.69, 9.17) is 15.9 Å². The summed E-state index contributed by atoms with van der Waals surface area (Å²) in [7, 11) is 0. The Bertz CT molecular complexity index is 130. The molecule has 0 aromatic heterocycles. The number of carboxylic acids is 1. The number of aliphatic carboxylic acids is 1. The summed E-state index contributed by atoms with van der Waals surface area (Å²) in [5.41, 5.74) is 5.36. The summed E-state index contributed by atoms with van der Waals surface area (Å²) in [4.78, 5) is 10.2. The SMILES string of the molecule is NCC(CCC(=O)O)NCCO. The summed E-state index contributed by atoms with van der Waals surface area (Å²) < 4.78 is 0. The second-order valence-electron chi connectivity index (χ2n) is 2.54. The smallest absolute Gasteiger partial charge is 0.303 e. The number of rotatable bonds is 7. The van der Waals surface area contributed by atoms with E-state index in [-0.39, 0.29) is 19.1 Å². The van der Waals surface area contributed by atoms with Crippen LogP contribution in [0, 0.1) is 0 Å². The van der Waals surface area contributed by atoms with Gasteiger partial charge in [0.15, 0.2) is 0 Å². The molecule has 0 rings (SSSR count). The van der Waals surface area contributed by atoms with Crippen molar-refractivity contribution < 1.29 is 15.0 Å². The molecule has 1 atom stereocenters. The van der Waals surface area contributed by atoms with Crippen LogP contribution < -0.4 is 11.1 Å². The fourth-order valence-electron chi connectivity index (χ4n) is 0.870. The van der Waals surface area contributed by atoms with Crippen LogP contribution in [0.3, 0.4) is 0 Å². The molecule has 0 saturated heterocycles. The predicted molar refractivity (Wildman–Crippen MR) is 44.8 cm³/mol. The number of nitrogens with two attached hydrogens (primary N) is 1. The van der Waals surface area contributed by atoms with Crippen molar-refractivity contribution in [2.75, 3.05) is 19.7 Å². The molecule has 0 aliphatic heterocycles. The van der Waals surface area contributed by atoms with Crippen molar-refractivity contribution in [1.82, 2.24) is 5.32 Å². The number of carboxylic acid groups (broad SMARTS) is 1. The van der Waals surface area contributed by atoms with E-state index in [1.807, 2.05) is 0 Å².